The molecule has 0 atom stereocenters. The predicted octanol–water partition coefficient (Wildman–Crippen LogP) is 3.88. The Morgan fingerprint density at radius 1 is 1.32 bits per heavy atom. The number of fused-ring (bicyclic) bond motifs is 1. The molecule has 0 unspecified atom stereocenters. The number of thiazole rings is 1. The fourth-order valence-corrected chi connectivity index (χ4v) is 3.19. The Labute approximate surface area is 116 Å². The van der Waals surface area contributed by atoms with Gasteiger partial charge >= 0.3 is 5.00 Å². The summed E-state index contributed by atoms with van der Waals surface area (Å²) in [6.45, 7) is 0.586. The molecule has 0 aliphatic carbocycles. The van der Waals surface area contributed by atoms with Gasteiger partial charge in [-0.2, -0.15) is 0 Å². The monoisotopic (exact) mass is 291 g/mol. The molecule has 3 aromatic rings. The Hall–Kier alpha value is -1.99. The van der Waals surface area contributed by atoms with Crippen molar-refractivity contribution in [2.45, 2.75) is 6.54 Å². The summed E-state index contributed by atoms with van der Waals surface area (Å²) in [5.74, 6) is 0. The Morgan fingerprint density at radius 3 is 3.00 bits per heavy atom. The molecule has 0 spiro atoms. The SMILES string of the molecule is O=[N+]([O-])c1ccc(CNc2ccc3ncsc3c2)s1. The van der Waals surface area contributed by atoms with Crippen LogP contribution in [0.1, 0.15) is 4.88 Å². The summed E-state index contributed by atoms with van der Waals surface area (Å²) in [6.07, 6.45) is 0. The second-order valence-electron chi connectivity index (χ2n) is 3.89. The van der Waals surface area contributed by atoms with E-state index in [1.54, 1.807) is 17.4 Å². The van der Waals surface area contributed by atoms with Crippen molar-refractivity contribution < 1.29 is 4.92 Å². The van der Waals surface area contributed by atoms with Crippen LogP contribution in [0.15, 0.2) is 35.8 Å². The number of rotatable bonds is 4. The Bertz CT molecular complexity index is 735. The molecule has 5 nitrogen and oxygen atoms in total. The van der Waals surface area contributed by atoms with E-state index in [0.717, 1.165) is 20.8 Å². The molecule has 3 rings (SSSR count). The number of nitro groups is 1. The highest BCUT2D eigenvalue weighted by atomic mass is 32.1. The van der Waals surface area contributed by atoms with E-state index in [-0.39, 0.29) is 9.92 Å². The van der Waals surface area contributed by atoms with Crippen molar-refractivity contribution in [3.05, 3.63) is 50.8 Å². The average Bonchev–Trinajstić information content (AvgIpc) is 3.04. The van der Waals surface area contributed by atoms with E-state index in [1.165, 1.54) is 17.4 Å². The minimum absolute atomic E-state index is 0.176. The number of nitrogens with zero attached hydrogens (tertiary/aromatic N) is 2. The highest BCUT2D eigenvalue weighted by Crippen LogP contribution is 2.26. The lowest BCUT2D eigenvalue weighted by molar-refractivity contribution is -0.380. The molecule has 0 saturated carbocycles. The third-order valence-electron chi connectivity index (χ3n) is 2.63. The number of nitrogens with one attached hydrogen (secondary N) is 1. The highest BCUT2D eigenvalue weighted by molar-refractivity contribution is 7.16. The summed E-state index contributed by atoms with van der Waals surface area (Å²) in [4.78, 5) is 15.4. The largest absolute Gasteiger partial charge is 0.380 e. The number of hydrogen-bond donors (Lipinski definition) is 1. The molecule has 1 N–H and O–H groups in total. The van der Waals surface area contributed by atoms with Crippen LogP contribution >= 0.6 is 22.7 Å². The van der Waals surface area contributed by atoms with Crippen LogP contribution in [0.25, 0.3) is 10.2 Å². The minimum atomic E-state index is -0.364. The Balaban J connectivity index is 1.72. The molecule has 96 valence electrons. The van der Waals surface area contributed by atoms with Crippen molar-refractivity contribution in [2.24, 2.45) is 0 Å². The second kappa shape index (κ2) is 4.94. The lowest BCUT2D eigenvalue weighted by Gasteiger charge is -2.03. The minimum Gasteiger partial charge on any atom is -0.380 e. The fourth-order valence-electron chi connectivity index (χ4n) is 1.71. The van der Waals surface area contributed by atoms with E-state index < -0.39 is 0 Å². The van der Waals surface area contributed by atoms with Crippen LogP contribution in [0.2, 0.25) is 0 Å². The van der Waals surface area contributed by atoms with E-state index in [1.807, 2.05) is 23.7 Å². The standard InChI is InChI=1S/C12H9N3O2S2/c16-15(17)12-4-2-9(19-12)6-13-8-1-3-10-11(5-8)18-7-14-10/h1-5,7,13H,6H2. The number of aromatic nitrogens is 1. The van der Waals surface area contributed by atoms with Gasteiger partial charge in [0.15, 0.2) is 0 Å². The molecule has 0 aliphatic rings. The number of hydrogen-bond acceptors (Lipinski definition) is 6. The quantitative estimate of drug-likeness (QED) is 0.585. The van der Waals surface area contributed by atoms with Gasteiger partial charge in [-0.05, 0) is 24.3 Å². The molecule has 0 saturated heterocycles. The number of benzene rings is 1. The summed E-state index contributed by atoms with van der Waals surface area (Å²) in [7, 11) is 0. The van der Waals surface area contributed by atoms with Crippen LogP contribution in [0, 0.1) is 10.1 Å². The molecular formula is C12H9N3O2S2. The maximum absolute atomic E-state index is 10.6. The lowest BCUT2D eigenvalue weighted by Crippen LogP contribution is -1.96. The molecule has 1 aromatic carbocycles. The molecule has 0 amide bonds. The summed E-state index contributed by atoms with van der Waals surface area (Å²) >= 11 is 2.79. The molecular weight excluding hydrogens is 282 g/mol. The zero-order valence-corrected chi connectivity index (χ0v) is 11.3. The molecule has 2 heterocycles. The zero-order valence-electron chi connectivity index (χ0n) is 9.70. The van der Waals surface area contributed by atoms with Crippen LogP contribution < -0.4 is 5.32 Å². The number of thiophene rings is 1. The predicted molar refractivity (Wildman–Crippen MR) is 77.9 cm³/mol. The molecule has 0 fully saturated rings. The molecule has 0 aliphatic heterocycles. The topological polar surface area (TPSA) is 68.1 Å². The fraction of sp³-hybridized carbons (Fsp3) is 0.0833. The van der Waals surface area contributed by atoms with Gasteiger partial charge in [0.05, 0.1) is 20.7 Å². The van der Waals surface area contributed by atoms with Gasteiger partial charge < -0.3 is 5.32 Å². The van der Waals surface area contributed by atoms with Crippen LogP contribution in [-0.2, 0) is 6.54 Å². The molecule has 2 aromatic heterocycles. The van der Waals surface area contributed by atoms with Crippen molar-refractivity contribution in [3.63, 3.8) is 0 Å². The summed E-state index contributed by atoms with van der Waals surface area (Å²) in [5.41, 5.74) is 3.80. The summed E-state index contributed by atoms with van der Waals surface area (Å²) in [6, 6.07) is 9.28. The zero-order chi connectivity index (χ0) is 13.2. The molecule has 19 heavy (non-hydrogen) atoms. The van der Waals surface area contributed by atoms with Crippen molar-refractivity contribution in [2.75, 3.05) is 5.32 Å². The van der Waals surface area contributed by atoms with Crippen LogP contribution in [0.3, 0.4) is 0 Å². The van der Waals surface area contributed by atoms with Gasteiger partial charge in [-0.25, -0.2) is 4.98 Å². The van der Waals surface area contributed by atoms with Gasteiger partial charge in [0.1, 0.15) is 0 Å². The highest BCUT2D eigenvalue weighted by Gasteiger charge is 2.09. The third-order valence-corrected chi connectivity index (χ3v) is 4.45. The first kappa shape index (κ1) is 12.1. The molecule has 0 radical (unpaired) electrons. The van der Waals surface area contributed by atoms with E-state index in [0.29, 0.717) is 6.54 Å². The average molecular weight is 291 g/mol. The third kappa shape index (κ3) is 2.56. The first-order chi connectivity index (χ1) is 9.22. The van der Waals surface area contributed by atoms with Crippen molar-refractivity contribution in [3.8, 4) is 0 Å². The van der Waals surface area contributed by atoms with Gasteiger partial charge in [0.2, 0.25) is 0 Å². The van der Waals surface area contributed by atoms with Crippen molar-refractivity contribution in [1.82, 2.24) is 4.98 Å². The van der Waals surface area contributed by atoms with Gasteiger partial charge in [0, 0.05) is 23.2 Å². The summed E-state index contributed by atoms with van der Waals surface area (Å²) in [5, 5.41) is 14.0. The molecule has 7 heteroatoms. The first-order valence-corrected chi connectivity index (χ1v) is 7.22. The van der Waals surface area contributed by atoms with Gasteiger partial charge in [-0.1, -0.05) is 11.3 Å². The first-order valence-electron chi connectivity index (χ1n) is 5.52. The van der Waals surface area contributed by atoms with Crippen molar-refractivity contribution >= 4 is 43.6 Å². The van der Waals surface area contributed by atoms with Crippen LogP contribution in [0.4, 0.5) is 10.7 Å². The lowest BCUT2D eigenvalue weighted by atomic mass is 10.3. The Morgan fingerprint density at radius 2 is 2.21 bits per heavy atom. The van der Waals surface area contributed by atoms with E-state index in [4.69, 9.17) is 0 Å². The molecule has 0 bridgehead atoms. The van der Waals surface area contributed by atoms with Gasteiger partial charge in [-0.3, -0.25) is 10.1 Å². The number of anilines is 1. The van der Waals surface area contributed by atoms with E-state index >= 15 is 0 Å². The Kier molecular flexibility index (Phi) is 3.14. The van der Waals surface area contributed by atoms with Crippen molar-refractivity contribution in [1.29, 1.82) is 0 Å². The normalized spacial score (nSPS) is 10.7. The smallest absolute Gasteiger partial charge is 0.324 e. The van der Waals surface area contributed by atoms with Crippen LogP contribution in [0.5, 0.6) is 0 Å². The second-order valence-corrected chi connectivity index (χ2v) is 5.92. The van der Waals surface area contributed by atoms with Gasteiger partial charge in [0.25, 0.3) is 0 Å². The maximum atomic E-state index is 10.6. The van der Waals surface area contributed by atoms with E-state index in [2.05, 4.69) is 10.3 Å². The van der Waals surface area contributed by atoms with E-state index in [9.17, 15) is 10.1 Å². The summed E-state index contributed by atoms with van der Waals surface area (Å²) < 4.78 is 1.13. The maximum Gasteiger partial charge on any atom is 0.324 e. The van der Waals surface area contributed by atoms with Crippen LogP contribution in [-0.4, -0.2) is 9.91 Å². The van der Waals surface area contributed by atoms with Gasteiger partial charge in [-0.15, -0.1) is 11.3 Å².